The van der Waals surface area contributed by atoms with Crippen LogP contribution in [0.5, 0.6) is 0 Å². The van der Waals surface area contributed by atoms with Gasteiger partial charge in [0.1, 0.15) is 0 Å². The Kier molecular flexibility index (Phi) is 6.34. The summed E-state index contributed by atoms with van der Waals surface area (Å²) in [6.45, 7) is 2.26. The van der Waals surface area contributed by atoms with Crippen LogP contribution in [0.4, 0.5) is 0 Å². The molecule has 0 aliphatic heterocycles. The van der Waals surface area contributed by atoms with Crippen LogP contribution in [0, 0.1) is 0 Å². The minimum atomic E-state index is -0.148. The average Bonchev–Trinajstić information content (AvgIpc) is 2.30. The van der Waals surface area contributed by atoms with Crippen LogP contribution in [0.25, 0.3) is 0 Å². The van der Waals surface area contributed by atoms with Crippen molar-refractivity contribution in [1.82, 2.24) is 0 Å². The lowest BCUT2D eigenvalue weighted by Gasteiger charge is -2.03. The van der Waals surface area contributed by atoms with Crippen LogP contribution in [0.15, 0.2) is 24.3 Å². The van der Waals surface area contributed by atoms with Gasteiger partial charge in [-0.25, -0.2) is 0 Å². The number of halogens is 1. The van der Waals surface area contributed by atoms with Crippen molar-refractivity contribution in [1.29, 1.82) is 0 Å². The first-order valence-corrected chi connectivity index (χ1v) is 6.82. The van der Waals surface area contributed by atoms with Crippen molar-refractivity contribution in [3.63, 3.8) is 0 Å². The number of hydrogen-bond donors (Lipinski definition) is 0. The highest BCUT2D eigenvalue weighted by atomic mass is 35.5. The van der Waals surface area contributed by atoms with Crippen molar-refractivity contribution in [3.8, 4) is 0 Å². The summed E-state index contributed by atoms with van der Waals surface area (Å²) in [5, 5.41) is 0. The van der Waals surface area contributed by atoms with Crippen molar-refractivity contribution in [2.24, 2.45) is 0 Å². The monoisotopic (exact) mass is 258 g/mol. The quantitative estimate of drug-likeness (QED) is 0.579. The summed E-state index contributed by atoms with van der Waals surface area (Å²) < 4.78 is 4.84. The lowest BCUT2D eigenvalue weighted by molar-refractivity contribution is -0.139. The highest BCUT2D eigenvalue weighted by Gasteiger charge is 2.01. The third kappa shape index (κ3) is 4.90. The third-order valence-corrected chi connectivity index (χ3v) is 3.26. The molecule has 16 heavy (non-hydrogen) atoms. The Labute approximate surface area is 105 Å². The largest absolute Gasteiger partial charge is 0.465 e. The molecule has 1 aromatic rings. The zero-order valence-corrected chi connectivity index (χ0v) is 10.8. The molecule has 1 rings (SSSR count). The number of rotatable bonds is 6. The second-order valence-electron chi connectivity index (χ2n) is 3.25. The van der Waals surface area contributed by atoms with E-state index >= 15 is 0 Å². The van der Waals surface area contributed by atoms with Crippen LogP contribution in [0.1, 0.15) is 18.1 Å². The third-order valence-electron chi connectivity index (χ3n) is 1.97. The predicted molar refractivity (Wildman–Crippen MR) is 68.8 cm³/mol. The van der Waals surface area contributed by atoms with Gasteiger partial charge >= 0.3 is 5.97 Å². The Morgan fingerprint density at radius 3 is 2.50 bits per heavy atom. The fourth-order valence-electron chi connectivity index (χ4n) is 1.18. The van der Waals surface area contributed by atoms with Gasteiger partial charge < -0.3 is 4.74 Å². The zero-order valence-electron chi connectivity index (χ0n) is 9.24. The summed E-state index contributed by atoms with van der Waals surface area (Å²) in [6.07, 6.45) is 0. The van der Waals surface area contributed by atoms with Crippen molar-refractivity contribution >= 4 is 29.3 Å². The zero-order chi connectivity index (χ0) is 11.8. The molecule has 0 bridgehead atoms. The van der Waals surface area contributed by atoms with Crippen LogP contribution in [-0.4, -0.2) is 18.3 Å². The molecule has 0 amide bonds. The van der Waals surface area contributed by atoms with Crippen LogP contribution >= 0.6 is 23.4 Å². The van der Waals surface area contributed by atoms with E-state index in [1.807, 2.05) is 31.2 Å². The van der Waals surface area contributed by atoms with Gasteiger partial charge in [-0.3, -0.25) is 4.79 Å². The molecule has 0 spiro atoms. The van der Waals surface area contributed by atoms with E-state index in [0.717, 1.165) is 11.3 Å². The van der Waals surface area contributed by atoms with E-state index in [1.165, 1.54) is 5.56 Å². The van der Waals surface area contributed by atoms with E-state index in [2.05, 4.69) is 0 Å². The fourth-order valence-corrected chi connectivity index (χ4v) is 2.14. The SMILES string of the molecule is CCOC(=O)CSCc1ccc(CCl)cc1. The number of esters is 1. The molecule has 0 aliphatic carbocycles. The lowest BCUT2D eigenvalue weighted by atomic mass is 10.2. The van der Waals surface area contributed by atoms with E-state index < -0.39 is 0 Å². The molecule has 0 aromatic heterocycles. The van der Waals surface area contributed by atoms with Gasteiger partial charge in [0.2, 0.25) is 0 Å². The Morgan fingerprint density at radius 1 is 1.31 bits per heavy atom. The van der Waals surface area contributed by atoms with Gasteiger partial charge in [0.25, 0.3) is 0 Å². The number of ether oxygens (including phenoxy) is 1. The highest BCUT2D eigenvalue weighted by molar-refractivity contribution is 7.99. The summed E-state index contributed by atoms with van der Waals surface area (Å²) in [5.41, 5.74) is 2.31. The fraction of sp³-hybridized carbons (Fsp3) is 0.417. The number of carbonyl (C=O) groups is 1. The molecular weight excluding hydrogens is 244 g/mol. The number of benzene rings is 1. The maximum Gasteiger partial charge on any atom is 0.315 e. The van der Waals surface area contributed by atoms with Crippen LogP contribution in [0.3, 0.4) is 0 Å². The Bertz CT molecular complexity index is 324. The molecule has 0 radical (unpaired) electrons. The van der Waals surface area contributed by atoms with Gasteiger partial charge in [-0.05, 0) is 18.1 Å². The topological polar surface area (TPSA) is 26.3 Å². The molecule has 0 heterocycles. The molecular formula is C12H15ClO2S. The minimum absolute atomic E-state index is 0.148. The molecule has 0 unspecified atom stereocenters. The summed E-state index contributed by atoms with van der Waals surface area (Å²) in [7, 11) is 0. The summed E-state index contributed by atoms with van der Waals surface area (Å²) in [6, 6.07) is 8.09. The minimum Gasteiger partial charge on any atom is -0.465 e. The van der Waals surface area contributed by atoms with Gasteiger partial charge in [0.05, 0.1) is 12.4 Å². The second-order valence-corrected chi connectivity index (χ2v) is 4.50. The van der Waals surface area contributed by atoms with Crippen LogP contribution in [0.2, 0.25) is 0 Å². The smallest absolute Gasteiger partial charge is 0.315 e. The molecule has 0 N–H and O–H groups in total. The molecule has 0 saturated carbocycles. The van der Waals surface area contributed by atoms with E-state index in [-0.39, 0.29) is 5.97 Å². The predicted octanol–water partition coefficient (Wildman–Crippen LogP) is 3.22. The number of thioether (sulfide) groups is 1. The van der Waals surface area contributed by atoms with Gasteiger partial charge in [0.15, 0.2) is 0 Å². The van der Waals surface area contributed by atoms with E-state index in [0.29, 0.717) is 18.2 Å². The van der Waals surface area contributed by atoms with Gasteiger partial charge in [-0.1, -0.05) is 24.3 Å². The molecule has 0 fully saturated rings. The molecule has 2 nitrogen and oxygen atoms in total. The number of alkyl halides is 1. The van der Waals surface area contributed by atoms with Crippen molar-refractivity contribution in [2.45, 2.75) is 18.6 Å². The summed E-state index contributed by atoms with van der Waals surface area (Å²) >= 11 is 7.25. The Hall–Kier alpha value is -0.670. The first-order valence-electron chi connectivity index (χ1n) is 5.13. The summed E-state index contributed by atoms with van der Waals surface area (Å²) in [4.78, 5) is 11.1. The maximum absolute atomic E-state index is 11.1. The molecule has 0 atom stereocenters. The highest BCUT2D eigenvalue weighted by Crippen LogP contribution is 2.14. The molecule has 1 aromatic carbocycles. The summed E-state index contributed by atoms with van der Waals surface area (Å²) in [5.74, 6) is 1.62. The first kappa shape index (κ1) is 13.4. The van der Waals surface area contributed by atoms with Crippen molar-refractivity contribution in [3.05, 3.63) is 35.4 Å². The number of carbonyl (C=O) groups excluding carboxylic acids is 1. The van der Waals surface area contributed by atoms with Crippen molar-refractivity contribution < 1.29 is 9.53 Å². The lowest BCUT2D eigenvalue weighted by Crippen LogP contribution is -2.06. The standard InChI is InChI=1S/C12H15ClO2S/c1-2-15-12(14)9-16-8-11-5-3-10(7-13)4-6-11/h3-6H,2,7-9H2,1H3. The van der Waals surface area contributed by atoms with Crippen LogP contribution < -0.4 is 0 Å². The first-order chi connectivity index (χ1) is 7.76. The van der Waals surface area contributed by atoms with E-state index in [1.54, 1.807) is 11.8 Å². The Morgan fingerprint density at radius 2 is 1.94 bits per heavy atom. The molecule has 88 valence electrons. The van der Waals surface area contributed by atoms with Gasteiger partial charge in [-0.2, -0.15) is 0 Å². The second kappa shape index (κ2) is 7.58. The van der Waals surface area contributed by atoms with Gasteiger partial charge in [-0.15, -0.1) is 23.4 Å². The van der Waals surface area contributed by atoms with E-state index in [4.69, 9.17) is 16.3 Å². The van der Waals surface area contributed by atoms with Crippen molar-refractivity contribution in [2.75, 3.05) is 12.4 Å². The van der Waals surface area contributed by atoms with E-state index in [9.17, 15) is 4.79 Å². The maximum atomic E-state index is 11.1. The van der Waals surface area contributed by atoms with Crippen LogP contribution in [-0.2, 0) is 21.2 Å². The average molecular weight is 259 g/mol. The Balaban J connectivity index is 2.29. The molecule has 0 aliphatic rings. The number of hydrogen-bond acceptors (Lipinski definition) is 3. The molecule has 4 heteroatoms. The van der Waals surface area contributed by atoms with Gasteiger partial charge in [0, 0.05) is 11.6 Å². The normalized spacial score (nSPS) is 10.1. The molecule has 0 saturated heterocycles.